The minimum absolute atomic E-state index is 0.119. The van der Waals surface area contributed by atoms with Crippen molar-refractivity contribution in [1.82, 2.24) is 4.90 Å². The molecule has 58 valence electrons. The van der Waals surface area contributed by atoms with Crippen LogP contribution in [0.3, 0.4) is 0 Å². The van der Waals surface area contributed by atoms with Crippen molar-refractivity contribution in [3.05, 3.63) is 11.9 Å². The molecule has 1 N–H and O–H groups in total. The molecular formula is C7H12FNO. The van der Waals surface area contributed by atoms with E-state index in [9.17, 15) is 4.39 Å². The van der Waals surface area contributed by atoms with Crippen LogP contribution in [0.1, 0.15) is 6.42 Å². The number of nitrogens with zero attached hydrogens (tertiary/aromatic N) is 1. The molecule has 2 nitrogen and oxygen atoms in total. The van der Waals surface area contributed by atoms with E-state index in [4.69, 9.17) is 5.11 Å². The standard InChI is InChI=1S/C7H12FNO/c1-9-4-6(3-8)2-7(9)5-10/h3,7,10H,2,4-5H2,1H3/b6-3+. The Bertz CT molecular complexity index is 147. The average Bonchev–Trinajstić information content (AvgIpc) is 2.30. The van der Waals surface area contributed by atoms with Gasteiger partial charge in [0.2, 0.25) is 0 Å². The van der Waals surface area contributed by atoms with Crippen molar-refractivity contribution < 1.29 is 9.50 Å². The highest BCUT2D eigenvalue weighted by Crippen LogP contribution is 2.19. The predicted molar refractivity (Wildman–Crippen MR) is 37.3 cm³/mol. The second-order valence-electron chi connectivity index (χ2n) is 2.72. The number of hydrogen-bond donors (Lipinski definition) is 1. The van der Waals surface area contributed by atoms with E-state index >= 15 is 0 Å². The van der Waals surface area contributed by atoms with Crippen molar-refractivity contribution in [3.8, 4) is 0 Å². The van der Waals surface area contributed by atoms with E-state index in [-0.39, 0.29) is 12.6 Å². The molecule has 1 aliphatic heterocycles. The van der Waals surface area contributed by atoms with Crippen molar-refractivity contribution in [2.24, 2.45) is 0 Å². The fraction of sp³-hybridized carbons (Fsp3) is 0.714. The molecular weight excluding hydrogens is 133 g/mol. The van der Waals surface area contributed by atoms with Crippen molar-refractivity contribution in [2.45, 2.75) is 12.5 Å². The van der Waals surface area contributed by atoms with Crippen LogP contribution in [-0.4, -0.2) is 36.2 Å². The Labute approximate surface area is 60.0 Å². The highest BCUT2D eigenvalue weighted by atomic mass is 19.1. The van der Waals surface area contributed by atoms with Gasteiger partial charge in [0.15, 0.2) is 0 Å². The van der Waals surface area contributed by atoms with Crippen LogP contribution in [0.5, 0.6) is 0 Å². The van der Waals surface area contributed by atoms with Crippen LogP contribution < -0.4 is 0 Å². The third-order valence-corrected chi connectivity index (χ3v) is 1.94. The third kappa shape index (κ3) is 1.36. The molecule has 0 amide bonds. The van der Waals surface area contributed by atoms with Gasteiger partial charge in [0.1, 0.15) is 0 Å². The highest BCUT2D eigenvalue weighted by Gasteiger charge is 2.23. The molecule has 1 atom stereocenters. The average molecular weight is 145 g/mol. The summed E-state index contributed by atoms with van der Waals surface area (Å²) in [6.45, 7) is 0.773. The Balaban J connectivity index is 2.52. The largest absolute Gasteiger partial charge is 0.395 e. The molecule has 1 aliphatic rings. The maximum atomic E-state index is 11.9. The zero-order valence-corrected chi connectivity index (χ0v) is 6.05. The van der Waals surface area contributed by atoms with Crippen LogP contribution in [0.4, 0.5) is 4.39 Å². The molecule has 1 heterocycles. The highest BCUT2D eigenvalue weighted by molar-refractivity contribution is 5.09. The van der Waals surface area contributed by atoms with E-state index in [2.05, 4.69) is 0 Å². The number of aliphatic hydroxyl groups excluding tert-OH is 1. The van der Waals surface area contributed by atoms with Gasteiger partial charge in [-0.1, -0.05) is 0 Å². The first kappa shape index (κ1) is 7.69. The topological polar surface area (TPSA) is 23.5 Å². The predicted octanol–water partition coefficient (Wildman–Crippen LogP) is 0.536. The number of rotatable bonds is 1. The number of hydrogen-bond acceptors (Lipinski definition) is 2. The smallest absolute Gasteiger partial charge is 0.0872 e. The van der Waals surface area contributed by atoms with E-state index in [1.165, 1.54) is 0 Å². The molecule has 0 bridgehead atoms. The van der Waals surface area contributed by atoms with Gasteiger partial charge in [-0.15, -0.1) is 0 Å². The lowest BCUT2D eigenvalue weighted by atomic mass is 10.2. The fourth-order valence-electron chi connectivity index (χ4n) is 1.26. The summed E-state index contributed by atoms with van der Waals surface area (Å²) in [6, 6.07) is 0.127. The number of likely N-dealkylation sites (N-methyl/N-ethyl adjacent to an activating group) is 1. The van der Waals surface area contributed by atoms with Gasteiger partial charge in [0.25, 0.3) is 0 Å². The second kappa shape index (κ2) is 3.12. The molecule has 1 fully saturated rings. The summed E-state index contributed by atoms with van der Waals surface area (Å²) in [5, 5.41) is 8.76. The summed E-state index contributed by atoms with van der Waals surface area (Å²) in [7, 11) is 1.89. The normalized spacial score (nSPS) is 31.9. The summed E-state index contributed by atoms with van der Waals surface area (Å²) in [5.41, 5.74) is 0.779. The molecule has 3 heteroatoms. The molecule has 0 spiro atoms. The lowest BCUT2D eigenvalue weighted by molar-refractivity contribution is 0.182. The number of likely N-dealkylation sites (tertiary alicyclic amines) is 1. The van der Waals surface area contributed by atoms with E-state index in [0.717, 1.165) is 5.57 Å². The second-order valence-corrected chi connectivity index (χ2v) is 2.72. The van der Waals surface area contributed by atoms with Crippen LogP contribution in [0.15, 0.2) is 11.9 Å². The van der Waals surface area contributed by atoms with Gasteiger partial charge in [-0.05, 0) is 19.0 Å². The van der Waals surface area contributed by atoms with Gasteiger partial charge < -0.3 is 5.11 Å². The zero-order chi connectivity index (χ0) is 7.56. The molecule has 0 aromatic rings. The molecule has 0 saturated carbocycles. The van der Waals surface area contributed by atoms with E-state index in [1.54, 1.807) is 0 Å². The van der Waals surface area contributed by atoms with E-state index < -0.39 is 0 Å². The Morgan fingerprint density at radius 2 is 2.60 bits per heavy atom. The van der Waals surface area contributed by atoms with Gasteiger partial charge in [-0.2, -0.15) is 0 Å². The summed E-state index contributed by atoms with van der Waals surface area (Å²) in [4.78, 5) is 1.95. The first-order valence-corrected chi connectivity index (χ1v) is 3.37. The van der Waals surface area contributed by atoms with Gasteiger partial charge in [-0.25, -0.2) is 4.39 Å². The Morgan fingerprint density at radius 3 is 2.90 bits per heavy atom. The summed E-state index contributed by atoms with van der Waals surface area (Å²) >= 11 is 0. The van der Waals surface area contributed by atoms with Gasteiger partial charge in [0.05, 0.1) is 12.9 Å². The maximum Gasteiger partial charge on any atom is 0.0872 e. The van der Waals surface area contributed by atoms with Crippen molar-refractivity contribution in [2.75, 3.05) is 20.2 Å². The van der Waals surface area contributed by atoms with Crippen LogP contribution in [0.2, 0.25) is 0 Å². The molecule has 0 aromatic carbocycles. The molecule has 0 aliphatic carbocycles. The SMILES string of the molecule is CN1C/C(=C/F)CC1CO. The molecule has 1 saturated heterocycles. The molecule has 10 heavy (non-hydrogen) atoms. The van der Waals surface area contributed by atoms with Gasteiger partial charge >= 0.3 is 0 Å². The number of halogens is 1. The maximum absolute atomic E-state index is 11.9. The Kier molecular flexibility index (Phi) is 2.40. The summed E-state index contributed by atoms with van der Waals surface area (Å²) in [5.74, 6) is 0. The quantitative estimate of drug-likeness (QED) is 0.582. The fourth-order valence-corrected chi connectivity index (χ4v) is 1.26. The monoisotopic (exact) mass is 145 g/mol. The minimum atomic E-state index is 0.119. The Morgan fingerprint density at radius 1 is 1.90 bits per heavy atom. The van der Waals surface area contributed by atoms with Crippen LogP contribution in [0, 0.1) is 0 Å². The lowest BCUT2D eigenvalue weighted by Gasteiger charge is -2.14. The summed E-state index contributed by atoms with van der Waals surface area (Å²) in [6.07, 6.45) is 1.32. The summed E-state index contributed by atoms with van der Waals surface area (Å²) < 4.78 is 11.9. The van der Waals surface area contributed by atoms with Gasteiger partial charge in [-0.3, -0.25) is 4.90 Å². The molecule has 1 rings (SSSR count). The van der Waals surface area contributed by atoms with E-state index in [1.807, 2.05) is 11.9 Å². The molecule has 1 unspecified atom stereocenters. The van der Waals surface area contributed by atoms with Crippen molar-refractivity contribution >= 4 is 0 Å². The Hall–Kier alpha value is -0.410. The lowest BCUT2D eigenvalue weighted by Crippen LogP contribution is -2.27. The van der Waals surface area contributed by atoms with Crippen molar-refractivity contribution in [1.29, 1.82) is 0 Å². The van der Waals surface area contributed by atoms with Crippen LogP contribution in [-0.2, 0) is 0 Å². The van der Waals surface area contributed by atoms with E-state index in [0.29, 0.717) is 19.3 Å². The first-order chi connectivity index (χ1) is 4.77. The molecule has 0 radical (unpaired) electrons. The first-order valence-electron chi connectivity index (χ1n) is 3.37. The van der Waals surface area contributed by atoms with Crippen LogP contribution in [0.25, 0.3) is 0 Å². The third-order valence-electron chi connectivity index (χ3n) is 1.94. The zero-order valence-electron chi connectivity index (χ0n) is 6.05. The van der Waals surface area contributed by atoms with Gasteiger partial charge in [0, 0.05) is 12.6 Å². The van der Waals surface area contributed by atoms with Crippen molar-refractivity contribution in [3.63, 3.8) is 0 Å². The molecule has 0 aromatic heterocycles. The van der Waals surface area contributed by atoms with Crippen LogP contribution >= 0.6 is 0 Å². The minimum Gasteiger partial charge on any atom is -0.395 e. The number of aliphatic hydroxyl groups is 1.